The number of azo groups is 1. The fourth-order valence-corrected chi connectivity index (χ4v) is 2.41. The summed E-state index contributed by atoms with van der Waals surface area (Å²) < 4.78 is 1.95. The molecule has 3 aromatic rings. The maximum absolute atomic E-state index is 5.99. The number of imidazole rings is 1. The largest absolute Gasteiger partial charge is 0.283 e. The first-order chi connectivity index (χ1) is 10.4. The molecule has 0 atom stereocenters. The van der Waals surface area contributed by atoms with Crippen LogP contribution in [-0.4, -0.2) is 9.38 Å². The fraction of sp³-hybridized carbons (Fsp3) is 0.235. The number of aromatic nitrogens is 2. The van der Waals surface area contributed by atoms with Crippen LogP contribution in [0.4, 0.5) is 11.5 Å². The lowest BCUT2D eigenvalue weighted by Gasteiger charge is -2.15. The first kappa shape index (κ1) is 14.7. The minimum Gasteiger partial charge on any atom is -0.283 e. The van der Waals surface area contributed by atoms with Gasteiger partial charge in [0.05, 0.1) is 11.4 Å². The first-order valence-electron chi connectivity index (χ1n) is 7.10. The summed E-state index contributed by atoms with van der Waals surface area (Å²) in [5.41, 5.74) is 2.39. The summed E-state index contributed by atoms with van der Waals surface area (Å²) in [6.07, 6.45) is 1.95. The molecule has 0 fully saturated rings. The van der Waals surface area contributed by atoms with Gasteiger partial charge in [0.1, 0.15) is 5.65 Å². The maximum atomic E-state index is 5.99. The van der Waals surface area contributed by atoms with Crippen LogP contribution < -0.4 is 0 Å². The van der Waals surface area contributed by atoms with E-state index in [1.807, 2.05) is 47.0 Å². The van der Waals surface area contributed by atoms with Gasteiger partial charge in [-0.1, -0.05) is 44.5 Å². The van der Waals surface area contributed by atoms with Gasteiger partial charge in [0.15, 0.2) is 5.82 Å². The molecule has 2 heterocycles. The van der Waals surface area contributed by atoms with Gasteiger partial charge in [0.2, 0.25) is 0 Å². The van der Waals surface area contributed by atoms with Crippen molar-refractivity contribution in [3.63, 3.8) is 0 Å². The molecule has 0 unspecified atom stereocenters. The van der Waals surface area contributed by atoms with E-state index >= 15 is 0 Å². The van der Waals surface area contributed by atoms with E-state index in [1.165, 1.54) is 0 Å². The molecule has 3 rings (SSSR count). The van der Waals surface area contributed by atoms with Gasteiger partial charge in [-0.05, 0) is 30.3 Å². The van der Waals surface area contributed by atoms with E-state index in [1.54, 1.807) is 6.07 Å². The Morgan fingerprint density at radius 3 is 2.59 bits per heavy atom. The molecule has 0 N–H and O–H groups in total. The molecule has 22 heavy (non-hydrogen) atoms. The summed E-state index contributed by atoms with van der Waals surface area (Å²) in [7, 11) is 0. The Kier molecular flexibility index (Phi) is 3.71. The van der Waals surface area contributed by atoms with Gasteiger partial charge >= 0.3 is 0 Å². The Morgan fingerprint density at radius 2 is 1.86 bits per heavy atom. The third-order valence-electron chi connectivity index (χ3n) is 3.28. The number of rotatable bonds is 2. The van der Waals surface area contributed by atoms with Gasteiger partial charge in [0, 0.05) is 16.6 Å². The molecular weight excluding hydrogens is 296 g/mol. The summed E-state index contributed by atoms with van der Waals surface area (Å²) in [5.74, 6) is 0.753. The summed E-state index contributed by atoms with van der Waals surface area (Å²) >= 11 is 5.99. The summed E-state index contributed by atoms with van der Waals surface area (Å²) in [6.45, 7) is 6.35. The van der Waals surface area contributed by atoms with Gasteiger partial charge < -0.3 is 0 Å². The van der Waals surface area contributed by atoms with E-state index in [0.717, 1.165) is 22.8 Å². The minimum atomic E-state index is -0.116. The number of fused-ring (bicyclic) bond motifs is 1. The van der Waals surface area contributed by atoms with Crippen molar-refractivity contribution >= 4 is 28.8 Å². The molecule has 112 valence electrons. The zero-order valence-electron chi connectivity index (χ0n) is 12.8. The molecule has 4 nitrogen and oxygen atoms in total. The number of halogens is 1. The van der Waals surface area contributed by atoms with Crippen molar-refractivity contribution in [2.45, 2.75) is 26.2 Å². The predicted molar refractivity (Wildman–Crippen MR) is 89.5 cm³/mol. The number of pyridine rings is 1. The molecule has 0 spiro atoms. The maximum Gasteiger partial charge on any atom is 0.183 e. The van der Waals surface area contributed by atoms with Crippen LogP contribution in [0, 0.1) is 0 Å². The van der Waals surface area contributed by atoms with Crippen LogP contribution in [0.25, 0.3) is 5.65 Å². The fourth-order valence-electron chi connectivity index (χ4n) is 2.23. The quantitative estimate of drug-likeness (QED) is 0.559. The molecule has 0 aliphatic carbocycles. The van der Waals surface area contributed by atoms with Crippen molar-refractivity contribution in [1.29, 1.82) is 0 Å². The molecule has 5 heteroatoms. The van der Waals surface area contributed by atoms with Crippen LogP contribution in [0.2, 0.25) is 5.02 Å². The second-order valence-electron chi connectivity index (χ2n) is 6.14. The van der Waals surface area contributed by atoms with Crippen LogP contribution in [0.15, 0.2) is 58.9 Å². The minimum absolute atomic E-state index is 0.116. The first-order valence-corrected chi connectivity index (χ1v) is 7.48. The Labute approximate surface area is 134 Å². The number of nitrogens with zero attached hydrogens (tertiary/aromatic N) is 4. The van der Waals surface area contributed by atoms with Crippen molar-refractivity contribution in [3.05, 3.63) is 59.4 Å². The highest BCUT2D eigenvalue weighted by Gasteiger charge is 2.23. The lowest BCUT2D eigenvalue weighted by Crippen LogP contribution is -2.11. The Morgan fingerprint density at radius 1 is 1.05 bits per heavy atom. The number of hydrogen-bond donors (Lipinski definition) is 0. The smallest absolute Gasteiger partial charge is 0.183 e. The van der Waals surface area contributed by atoms with E-state index in [9.17, 15) is 0 Å². The summed E-state index contributed by atoms with van der Waals surface area (Å²) in [5, 5.41) is 9.40. The molecule has 0 aliphatic rings. The second-order valence-corrected chi connectivity index (χ2v) is 6.58. The summed E-state index contributed by atoms with van der Waals surface area (Å²) in [4.78, 5) is 4.70. The molecule has 0 aliphatic heterocycles. The van der Waals surface area contributed by atoms with Crippen molar-refractivity contribution in [2.24, 2.45) is 10.2 Å². The lowest BCUT2D eigenvalue weighted by molar-refractivity contribution is 0.574. The van der Waals surface area contributed by atoms with Gasteiger partial charge in [-0.15, -0.1) is 10.2 Å². The molecule has 1 aromatic carbocycles. The third-order valence-corrected chi connectivity index (χ3v) is 3.52. The topological polar surface area (TPSA) is 42.0 Å². The van der Waals surface area contributed by atoms with E-state index in [-0.39, 0.29) is 5.41 Å². The Bertz CT molecular complexity index is 843. The monoisotopic (exact) mass is 312 g/mol. The van der Waals surface area contributed by atoms with Crippen molar-refractivity contribution in [3.8, 4) is 0 Å². The number of hydrogen-bond acceptors (Lipinski definition) is 3. The molecule has 0 radical (unpaired) electrons. The van der Waals surface area contributed by atoms with E-state index in [2.05, 4.69) is 31.0 Å². The van der Waals surface area contributed by atoms with E-state index in [0.29, 0.717) is 5.02 Å². The molecule has 2 aromatic heterocycles. The van der Waals surface area contributed by atoms with Gasteiger partial charge in [0.25, 0.3) is 0 Å². The molecular formula is C17H17ClN4. The Hall–Kier alpha value is -2.20. The van der Waals surface area contributed by atoms with Gasteiger partial charge in [-0.2, -0.15) is 0 Å². The van der Waals surface area contributed by atoms with Crippen molar-refractivity contribution in [2.75, 3.05) is 0 Å². The molecule has 0 saturated carbocycles. The highest BCUT2D eigenvalue weighted by atomic mass is 35.5. The van der Waals surface area contributed by atoms with Gasteiger partial charge in [-0.25, -0.2) is 4.98 Å². The Balaban J connectivity index is 2.13. The second kappa shape index (κ2) is 5.54. The number of benzene rings is 1. The third kappa shape index (κ3) is 2.88. The molecule has 0 amide bonds. The standard InChI is InChI=1S/C17H17ClN4/c1-17(2,3)15-16(22-10-5-4-9-14(22)19-15)21-20-13-8-6-7-12(18)11-13/h4-11H,1-3H3. The average molecular weight is 313 g/mol. The zero-order valence-corrected chi connectivity index (χ0v) is 13.5. The van der Waals surface area contributed by atoms with Crippen molar-refractivity contribution < 1.29 is 0 Å². The van der Waals surface area contributed by atoms with Gasteiger partial charge in [-0.3, -0.25) is 4.40 Å². The molecule has 0 saturated heterocycles. The zero-order chi connectivity index (χ0) is 15.7. The van der Waals surface area contributed by atoms with Crippen LogP contribution in [0.1, 0.15) is 26.5 Å². The van der Waals surface area contributed by atoms with Crippen LogP contribution in [-0.2, 0) is 5.41 Å². The normalized spacial score (nSPS) is 12.4. The van der Waals surface area contributed by atoms with E-state index < -0.39 is 0 Å². The van der Waals surface area contributed by atoms with Crippen molar-refractivity contribution in [1.82, 2.24) is 9.38 Å². The van der Waals surface area contributed by atoms with Crippen LogP contribution in [0.5, 0.6) is 0 Å². The molecule has 0 bridgehead atoms. The van der Waals surface area contributed by atoms with E-state index in [4.69, 9.17) is 16.6 Å². The summed E-state index contributed by atoms with van der Waals surface area (Å²) in [6, 6.07) is 13.2. The van der Waals surface area contributed by atoms with Crippen LogP contribution in [0.3, 0.4) is 0 Å². The predicted octanol–water partition coefficient (Wildman–Crippen LogP) is 5.70. The lowest BCUT2D eigenvalue weighted by atomic mass is 9.92. The SMILES string of the molecule is CC(C)(C)c1nc2ccccn2c1N=Nc1cccc(Cl)c1. The highest BCUT2D eigenvalue weighted by molar-refractivity contribution is 6.30. The average Bonchev–Trinajstić information content (AvgIpc) is 2.84. The highest BCUT2D eigenvalue weighted by Crippen LogP contribution is 2.33. The van der Waals surface area contributed by atoms with Crippen LogP contribution >= 0.6 is 11.6 Å².